The third-order valence-electron chi connectivity index (χ3n) is 5.72. The zero-order chi connectivity index (χ0) is 24.6. The van der Waals surface area contributed by atoms with Gasteiger partial charge in [0.05, 0.1) is 18.3 Å². The van der Waals surface area contributed by atoms with Gasteiger partial charge in [0.25, 0.3) is 5.56 Å². The van der Waals surface area contributed by atoms with Crippen LogP contribution in [0.15, 0.2) is 53.3 Å². The van der Waals surface area contributed by atoms with Crippen molar-refractivity contribution in [2.24, 2.45) is 0 Å². The largest absolute Gasteiger partial charge is 0.444 e. The Morgan fingerprint density at radius 2 is 1.53 bits per heavy atom. The summed E-state index contributed by atoms with van der Waals surface area (Å²) in [7, 11) is 0. The number of aryl methyl sites for hydroxylation is 1. The molecule has 6 nitrogen and oxygen atoms in total. The van der Waals surface area contributed by atoms with Gasteiger partial charge >= 0.3 is 6.09 Å². The van der Waals surface area contributed by atoms with E-state index < -0.39 is 17.7 Å². The summed E-state index contributed by atoms with van der Waals surface area (Å²) in [6, 6.07) is 14.5. The molecule has 0 saturated carbocycles. The van der Waals surface area contributed by atoms with Gasteiger partial charge < -0.3 is 9.64 Å². The van der Waals surface area contributed by atoms with Gasteiger partial charge in [0.15, 0.2) is 0 Å². The molecule has 0 radical (unpaired) electrons. The van der Waals surface area contributed by atoms with Crippen molar-refractivity contribution in [2.45, 2.75) is 52.3 Å². The molecule has 8 heteroatoms. The molecular weight excluding hydrogens is 473 g/mol. The molecule has 2 aromatic carbocycles. The zero-order valence-corrected chi connectivity index (χ0v) is 21.2. The fourth-order valence-corrected chi connectivity index (χ4v) is 4.44. The number of rotatable bonds is 3. The SMILES string of the molecule is Cc1nc2c(c(=O)n1C(c1ccc(Cl)cc1)c1ccc(Cl)cc1)CCN(C(=O)OC(C)(C)C)C2. The monoisotopic (exact) mass is 499 g/mol. The number of ether oxygens (including phenoxy) is 1. The van der Waals surface area contributed by atoms with Gasteiger partial charge in [0, 0.05) is 22.2 Å². The normalized spacial score (nSPS) is 13.7. The zero-order valence-electron chi connectivity index (χ0n) is 19.6. The van der Waals surface area contributed by atoms with Gasteiger partial charge in [-0.25, -0.2) is 9.78 Å². The molecule has 178 valence electrons. The second kappa shape index (κ2) is 9.43. The predicted molar refractivity (Wildman–Crippen MR) is 134 cm³/mol. The highest BCUT2D eigenvalue weighted by molar-refractivity contribution is 6.30. The van der Waals surface area contributed by atoms with Crippen molar-refractivity contribution in [3.63, 3.8) is 0 Å². The Labute approximate surface area is 209 Å². The minimum Gasteiger partial charge on any atom is -0.444 e. The van der Waals surface area contributed by atoms with E-state index in [1.165, 1.54) is 0 Å². The molecule has 0 saturated heterocycles. The first-order valence-electron chi connectivity index (χ1n) is 11.1. The average Bonchev–Trinajstić information content (AvgIpc) is 2.77. The summed E-state index contributed by atoms with van der Waals surface area (Å²) in [6.45, 7) is 7.95. The van der Waals surface area contributed by atoms with Gasteiger partial charge in [-0.3, -0.25) is 9.36 Å². The van der Waals surface area contributed by atoms with Crippen LogP contribution in [0.25, 0.3) is 0 Å². The fourth-order valence-electron chi connectivity index (χ4n) is 4.19. The molecule has 3 aromatic rings. The van der Waals surface area contributed by atoms with E-state index in [1.54, 1.807) is 9.47 Å². The van der Waals surface area contributed by atoms with Gasteiger partial charge in [-0.15, -0.1) is 0 Å². The Hall–Kier alpha value is -2.83. The number of aromatic nitrogens is 2. The van der Waals surface area contributed by atoms with E-state index in [4.69, 9.17) is 32.9 Å². The molecule has 1 aliphatic heterocycles. The quantitative estimate of drug-likeness (QED) is 0.457. The van der Waals surface area contributed by atoms with E-state index in [9.17, 15) is 9.59 Å². The molecule has 0 aliphatic carbocycles. The van der Waals surface area contributed by atoms with Gasteiger partial charge in [-0.2, -0.15) is 0 Å². The van der Waals surface area contributed by atoms with Gasteiger partial charge in [-0.1, -0.05) is 47.5 Å². The number of halogens is 2. The summed E-state index contributed by atoms with van der Waals surface area (Å²) < 4.78 is 7.22. The van der Waals surface area contributed by atoms with Crippen molar-refractivity contribution in [3.8, 4) is 0 Å². The summed E-state index contributed by atoms with van der Waals surface area (Å²) in [5.74, 6) is 0.560. The molecule has 34 heavy (non-hydrogen) atoms. The molecule has 2 heterocycles. The van der Waals surface area contributed by atoms with Crippen molar-refractivity contribution < 1.29 is 9.53 Å². The van der Waals surface area contributed by atoms with Crippen LogP contribution in [0.2, 0.25) is 10.0 Å². The molecule has 1 amide bonds. The highest BCUT2D eigenvalue weighted by atomic mass is 35.5. The summed E-state index contributed by atoms with van der Waals surface area (Å²) in [5, 5.41) is 1.24. The van der Waals surface area contributed by atoms with E-state index >= 15 is 0 Å². The molecule has 0 fully saturated rings. The van der Waals surface area contributed by atoms with Gasteiger partial charge in [-0.05, 0) is 69.5 Å². The molecule has 1 aliphatic rings. The molecule has 1 aromatic heterocycles. The lowest BCUT2D eigenvalue weighted by atomic mass is 9.97. The first-order chi connectivity index (χ1) is 16.0. The van der Waals surface area contributed by atoms with Crippen LogP contribution < -0.4 is 5.56 Å². The lowest BCUT2D eigenvalue weighted by Crippen LogP contribution is -2.43. The molecule has 0 spiro atoms. The maximum absolute atomic E-state index is 13.8. The number of benzene rings is 2. The molecule has 0 atom stereocenters. The van der Waals surface area contributed by atoms with Gasteiger partial charge in [0.1, 0.15) is 11.4 Å². The highest BCUT2D eigenvalue weighted by Gasteiger charge is 2.30. The second-order valence-electron chi connectivity index (χ2n) is 9.42. The summed E-state index contributed by atoms with van der Waals surface area (Å²) in [5.41, 5.74) is 2.35. The van der Waals surface area contributed by atoms with Crippen molar-refractivity contribution in [1.82, 2.24) is 14.5 Å². The second-order valence-corrected chi connectivity index (χ2v) is 10.3. The number of carbonyl (C=O) groups is 1. The number of nitrogens with zero attached hydrogens (tertiary/aromatic N) is 3. The van der Waals surface area contributed by atoms with Crippen LogP contribution in [-0.4, -0.2) is 32.7 Å². The maximum atomic E-state index is 13.8. The Kier molecular flexibility index (Phi) is 6.74. The molecule has 0 unspecified atom stereocenters. The first-order valence-corrected chi connectivity index (χ1v) is 11.9. The first kappa shape index (κ1) is 24.3. The van der Waals surface area contributed by atoms with E-state index in [0.29, 0.717) is 40.1 Å². The predicted octanol–water partition coefficient (Wildman–Crippen LogP) is 5.79. The highest BCUT2D eigenvalue weighted by Crippen LogP contribution is 2.29. The van der Waals surface area contributed by atoms with Crippen LogP contribution in [0, 0.1) is 6.92 Å². The molecule has 0 N–H and O–H groups in total. The Bertz CT molecular complexity index is 1220. The number of carbonyl (C=O) groups excluding carboxylic acids is 1. The van der Waals surface area contributed by atoms with Crippen LogP contribution in [0.3, 0.4) is 0 Å². The maximum Gasteiger partial charge on any atom is 0.410 e. The summed E-state index contributed by atoms with van der Waals surface area (Å²) >= 11 is 12.3. The third-order valence-corrected chi connectivity index (χ3v) is 6.23. The number of hydrogen-bond acceptors (Lipinski definition) is 4. The lowest BCUT2D eigenvalue weighted by Gasteiger charge is -2.32. The van der Waals surface area contributed by atoms with E-state index in [2.05, 4.69) is 0 Å². The summed E-state index contributed by atoms with van der Waals surface area (Å²) in [4.78, 5) is 32.7. The minimum absolute atomic E-state index is 0.110. The number of fused-ring (bicyclic) bond motifs is 1. The third kappa shape index (κ3) is 5.13. The lowest BCUT2D eigenvalue weighted by molar-refractivity contribution is 0.0219. The Balaban J connectivity index is 1.77. The van der Waals surface area contributed by atoms with Crippen molar-refractivity contribution in [1.29, 1.82) is 0 Å². The van der Waals surface area contributed by atoms with E-state index in [-0.39, 0.29) is 12.1 Å². The van der Waals surface area contributed by atoms with Crippen LogP contribution in [0.1, 0.15) is 55.0 Å². The number of hydrogen-bond donors (Lipinski definition) is 0. The van der Waals surface area contributed by atoms with Crippen LogP contribution in [0.5, 0.6) is 0 Å². The van der Waals surface area contributed by atoms with Gasteiger partial charge in [0.2, 0.25) is 0 Å². The minimum atomic E-state index is -0.589. The number of amides is 1. The Morgan fingerprint density at radius 3 is 2.03 bits per heavy atom. The molecular formula is C26H27Cl2N3O3. The van der Waals surface area contributed by atoms with Crippen molar-refractivity contribution in [2.75, 3.05) is 6.54 Å². The fraction of sp³-hybridized carbons (Fsp3) is 0.346. The van der Waals surface area contributed by atoms with Crippen molar-refractivity contribution >= 4 is 29.3 Å². The Morgan fingerprint density at radius 1 is 1.00 bits per heavy atom. The standard InChI is InChI=1S/C26H27Cl2N3O3/c1-16-29-22-15-30(25(33)34-26(2,3)4)14-13-21(22)24(32)31(16)23(17-5-9-19(27)10-6-17)18-7-11-20(28)12-8-18/h5-12,23H,13-15H2,1-4H3. The van der Waals surface area contributed by atoms with Crippen LogP contribution in [-0.2, 0) is 17.7 Å². The van der Waals surface area contributed by atoms with Crippen LogP contribution in [0.4, 0.5) is 4.79 Å². The van der Waals surface area contributed by atoms with Crippen LogP contribution >= 0.6 is 23.2 Å². The topological polar surface area (TPSA) is 64.4 Å². The van der Waals surface area contributed by atoms with E-state index in [0.717, 1.165) is 11.1 Å². The molecule has 4 rings (SSSR count). The average molecular weight is 500 g/mol. The van der Waals surface area contributed by atoms with Crippen molar-refractivity contribution in [3.05, 3.63) is 97.1 Å². The smallest absolute Gasteiger partial charge is 0.410 e. The van der Waals surface area contributed by atoms with E-state index in [1.807, 2.05) is 76.2 Å². The molecule has 0 bridgehead atoms. The summed E-state index contributed by atoms with van der Waals surface area (Å²) in [6.07, 6.45) is 0.0104.